The van der Waals surface area contributed by atoms with Crippen LogP contribution in [0.1, 0.15) is 44.7 Å². The smallest absolute Gasteiger partial charge is 0.0472 e. The van der Waals surface area contributed by atoms with Gasteiger partial charge in [-0.2, -0.15) is 0 Å². The molecule has 2 heteroatoms. The normalized spacial score (nSPS) is 18.9. The lowest BCUT2D eigenvalue weighted by molar-refractivity contribution is 0.176. The van der Waals surface area contributed by atoms with E-state index in [9.17, 15) is 0 Å². The highest BCUT2D eigenvalue weighted by molar-refractivity contribution is 5.19. The molecule has 1 saturated carbocycles. The SMILES string of the molecule is CCC(C)N(C)C(CNC1CC1)c1ccccc1. The van der Waals surface area contributed by atoms with Crippen LogP contribution in [0.2, 0.25) is 0 Å². The number of nitrogens with one attached hydrogen (secondary N) is 1. The van der Waals surface area contributed by atoms with Crippen LogP contribution in [0.25, 0.3) is 0 Å². The number of nitrogens with zero attached hydrogens (tertiary/aromatic N) is 1. The zero-order valence-corrected chi connectivity index (χ0v) is 11.9. The molecule has 18 heavy (non-hydrogen) atoms. The minimum Gasteiger partial charge on any atom is -0.312 e. The summed E-state index contributed by atoms with van der Waals surface area (Å²) in [6, 6.07) is 12.8. The van der Waals surface area contributed by atoms with Gasteiger partial charge in [-0.05, 0) is 38.8 Å². The molecule has 2 rings (SSSR count). The summed E-state index contributed by atoms with van der Waals surface area (Å²) in [5, 5.41) is 3.67. The second-order valence-electron chi connectivity index (χ2n) is 5.53. The predicted octanol–water partition coefficient (Wildman–Crippen LogP) is 3.21. The van der Waals surface area contributed by atoms with Crippen molar-refractivity contribution < 1.29 is 0 Å². The predicted molar refractivity (Wildman–Crippen MR) is 77.7 cm³/mol. The average Bonchev–Trinajstić information content (AvgIpc) is 3.23. The molecule has 0 amide bonds. The molecule has 0 saturated heterocycles. The van der Waals surface area contributed by atoms with Crippen molar-refractivity contribution in [3.05, 3.63) is 35.9 Å². The van der Waals surface area contributed by atoms with E-state index in [2.05, 4.69) is 61.4 Å². The molecule has 100 valence electrons. The van der Waals surface area contributed by atoms with E-state index < -0.39 is 0 Å². The number of hydrogen-bond acceptors (Lipinski definition) is 2. The van der Waals surface area contributed by atoms with Crippen LogP contribution in [-0.2, 0) is 0 Å². The Kier molecular flexibility index (Phi) is 4.79. The van der Waals surface area contributed by atoms with Crippen molar-refractivity contribution in [1.29, 1.82) is 0 Å². The van der Waals surface area contributed by atoms with E-state index in [1.807, 2.05) is 0 Å². The molecule has 1 aliphatic carbocycles. The van der Waals surface area contributed by atoms with Crippen molar-refractivity contribution in [2.45, 2.75) is 51.2 Å². The standard InChI is InChI=1S/C16H26N2/c1-4-13(2)18(3)16(12-17-15-10-11-15)14-8-6-5-7-9-14/h5-9,13,15-17H,4,10-12H2,1-3H3. The number of likely N-dealkylation sites (N-methyl/N-ethyl adjacent to an activating group) is 1. The monoisotopic (exact) mass is 246 g/mol. The maximum atomic E-state index is 3.67. The molecule has 0 aliphatic heterocycles. The van der Waals surface area contributed by atoms with Gasteiger partial charge >= 0.3 is 0 Å². The zero-order valence-electron chi connectivity index (χ0n) is 11.9. The van der Waals surface area contributed by atoms with Gasteiger partial charge in [0.2, 0.25) is 0 Å². The molecule has 1 N–H and O–H groups in total. The quantitative estimate of drug-likeness (QED) is 0.794. The van der Waals surface area contributed by atoms with E-state index >= 15 is 0 Å². The summed E-state index contributed by atoms with van der Waals surface area (Å²) in [5.41, 5.74) is 1.42. The summed E-state index contributed by atoms with van der Waals surface area (Å²) in [7, 11) is 2.25. The zero-order chi connectivity index (χ0) is 13.0. The number of benzene rings is 1. The van der Waals surface area contributed by atoms with Gasteiger partial charge in [0.15, 0.2) is 0 Å². The van der Waals surface area contributed by atoms with Crippen LogP contribution >= 0.6 is 0 Å². The Morgan fingerprint density at radius 3 is 2.50 bits per heavy atom. The summed E-state index contributed by atoms with van der Waals surface area (Å²) in [6.45, 7) is 5.64. The fraction of sp³-hybridized carbons (Fsp3) is 0.625. The highest BCUT2D eigenvalue weighted by atomic mass is 15.2. The lowest BCUT2D eigenvalue weighted by Gasteiger charge is -2.33. The molecule has 2 unspecified atom stereocenters. The van der Waals surface area contributed by atoms with Crippen molar-refractivity contribution >= 4 is 0 Å². The molecule has 0 heterocycles. The van der Waals surface area contributed by atoms with Gasteiger partial charge in [-0.1, -0.05) is 37.3 Å². The van der Waals surface area contributed by atoms with Crippen LogP contribution in [0.15, 0.2) is 30.3 Å². The van der Waals surface area contributed by atoms with Crippen LogP contribution in [0, 0.1) is 0 Å². The van der Waals surface area contributed by atoms with E-state index in [-0.39, 0.29) is 0 Å². The first-order valence-electron chi connectivity index (χ1n) is 7.22. The first kappa shape index (κ1) is 13.6. The Morgan fingerprint density at radius 1 is 1.28 bits per heavy atom. The van der Waals surface area contributed by atoms with Crippen molar-refractivity contribution in [3.63, 3.8) is 0 Å². The molecule has 1 aliphatic rings. The molecule has 0 bridgehead atoms. The maximum Gasteiger partial charge on any atom is 0.0472 e. The maximum absolute atomic E-state index is 3.67. The molecule has 0 aromatic heterocycles. The Bertz CT molecular complexity index is 345. The summed E-state index contributed by atoms with van der Waals surface area (Å²) < 4.78 is 0. The Balaban J connectivity index is 2.05. The van der Waals surface area contributed by atoms with Crippen molar-refractivity contribution in [2.75, 3.05) is 13.6 Å². The highest BCUT2D eigenvalue weighted by Crippen LogP contribution is 2.24. The minimum atomic E-state index is 0.488. The average molecular weight is 246 g/mol. The minimum absolute atomic E-state index is 0.488. The van der Waals surface area contributed by atoms with Gasteiger partial charge in [0.05, 0.1) is 0 Å². The van der Waals surface area contributed by atoms with Crippen LogP contribution in [-0.4, -0.2) is 30.6 Å². The Hall–Kier alpha value is -0.860. The van der Waals surface area contributed by atoms with Crippen molar-refractivity contribution in [3.8, 4) is 0 Å². The second kappa shape index (κ2) is 6.35. The van der Waals surface area contributed by atoms with Gasteiger partial charge in [0.1, 0.15) is 0 Å². The summed E-state index contributed by atoms with van der Waals surface area (Å²) >= 11 is 0. The number of hydrogen-bond donors (Lipinski definition) is 1. The first-order chi connectivity index (χ1) is 8.72. The largest absolute Gasteiger partial charge is 0.312 e. The third kappa shape index (κ3) is 3.56. The topological polar surface area (TPSA) is 15.3 Å². The first-order valence-corrected chi connectivity index (χ1v) is 7.22. The number of rotatable bonds is 7. The van der Waals surface area contributed by atoms with E-state index in [4.69, 9.17) is 0 Å². The third-order valence-corrected chi connectivity index (χ3v) is 4.14. The lowest BCUT2D eigenvalue weighted by atomic mass is 10.0. The van der Waals surface area contributed by atoms with Gasteiger partial charge in [-0.25, -0.2) is 0 Å². The van der Waals surface area contributed by atoms with E-state index in [0.717, 1.165) is 12.6 Å². The van der Waals surface area contributed by atoms with Gasteiger partial charge in [-0.15, -0.1) is 0 Å². The van der Waals surface area contributed by atoms with E-state index in [0.29, 0.717) is 12.1 Å². The second-order valence-corrected chi connectivity index (χ2v) is 5.53. The van der Waals surface area contributed by atoms with Crippen molar-refractivity contribution in [1.82, 2.24) is 10.2 Å². The summed E-state index contributed by atoms with van der Waals surface area (Å²) in [4.78, 5) is 2.50. The molecule has 1 fully saturated rings. The fourth-order valence-corrected chi connectivity index (χ4v) is 2.33. The van der Waals surface area contributed by atoms with E-state index in [1.165, 1.54) is 24.8 Å². The molecule has 1 aromatic carbocycles. The molecule has 0 spiro atoms. The van der Waals surface area contributed by atoms with Crippen LogP contribution in [0.5, 0.6) is 0 Å². The van der Waals surface area contributed by atoms with Crippen LogP contribution < -0.4 is 5.32 Å². The van der Waals surface area contributed by atoms with Gasteiger partial charge in [0, 0.05) is 24.7 Å². The summed E-state index contributed by atoms with van der Waals surface area (Å²) in [6.07, 6.45) is 3.91. The van der Waals surface area contributed by atoms with E-state index in [1.54, 1.807) is 0 Å². The van der Waals surface area contributed by atoms with Gasteiger partial charge in [0.25, 0.3) is 0 Å². The molecular formula is C16H26N2. The molecule has 2 nitrogen and oxygen atoms in total. The Labute approximate surface area is 111 Å². The van der Waals surface area contributed by atoms with Crippen molar-refractivity contribution in [2.24, 2.45) is 0 Å². The van der Waals surface area contributed by atoms with Crippen LogP contribution in [0.4, 0.5) is 0 Å². The fourth-order valence-electron chi connectivity index (χ4n) is 2.33. The molecule has 0 radical (unpaired) electrons. The highest BCUT2D eigenvalue weighted by Gasteiger charge is 2.25. The van der Waals surface area contributed by atoms with Crippen LogP contribution in [0.3, 0.4) is 0 Å². The molecular weight excluding hydrogens is 220 g/mol. The molecule has 2 atom stereocenters. The van der Waals surface area contributed by atoms with Gasteiger partial charge < -0.3 is 5.32 Å². The summed E-state index contributed by atoms with van der Waals surface area (Å²) in [5.74, 6) is 0. The Morgan fingerprint density at radius 2 is 1.94 bits per heavy atom. The molecule has 1 aromatic rings. The third-order valence-electron chi connectivity index (χ3n) is 4.14. The lowest BCUT2D eigenvalue weighted by Crippen LogP contribution is -2.38. The van der Waals surface area contributed by atoms with Gasteiger partial charge in [-0.3, -0.25) is 4.90 Å².